The van der Waals surface area contributed by atoms with Gasteiger partial charge in [-0.1, -0.05) is 0 Å². The second kappa shape index (κ2) is 4.97. The van der Waals surface area contributed by atoms with Crippen LogP contribution in [0.3, 0.4) is 0 Å². The molecule has 2 heterocycles. The summed E-state index contributed by atoms with van der Waals surface area (Å²) in [5, 5.41) is 3.44. The van der Waals surface area contributed by atoms with Gasteiger partial charge in [0.1, 0.15) is 11.4 Å². The molecule has 0 fully saturated rings. The fraction of sp³-hybridized carbons (Fsp3) is 0.308. The van der Waals surface area contributed by atoms with Crippen molar-refractivity contribution in [3.05, 3.63) is 23.2 Å². The number of nitrogens with one attached hydrogen (secondary N) is 1. The minimum atomic E-state index is -0.554. The first-order chi connectivity index (χ1) is 8.87. The number of thiophene rings is 1. The number of pyridine rings is 1. The molecule has 6 heteroatoms. The monoisotopic (exact) mass is 278 g/mol. The number of carbonyl (C=O) groups excluding carboxylic acids is 2. The Hall–Kier alpha value is -1.95. The zero-order valence-electron chi connectivity index (χ0n) is 10.9. The minimum Gasteiger partial charge on any atom is -0.444 e. The summed E-state index contributed by atoms with van der Waals surface area (Å²) in [6, 6.07) is 3.48. The van der Waals surface area contributed by atoms with Crippen molar-refractivity contribution < 1.29 is 14.3 Å². The third kappa shape index (κ3) is 3.51. The van der Waals surface area contributed by atoms with E-state index in [0.29, 0.717) is 10.7 Å². The number of aldehydes is 1. The first-order valence-corrected chi connectivity index (χ1v) is 6.54. The van der Waals surface area contributed by atoms with Crippen LogP contribution in [0.4, 0.5) is 10.6 Å². The van der Waals surface area contributed by atoms with Crippen LogP contribution < -0.4 is 5.32 Å². The maximum Gasteiger partial charge on any atom is 0.413 e. The number of hydrogen-bond acceptors (Lipinski definition) is 5. The van der Waals surface area contributed by atoms with Crippen molar-refractivity contribution in [1.82, 2.24) is 4.98 Å². The van der Waals surface area contributed by atoms with Crippen LogP contribution in [-0.4, -0.2) is 23.0 Å². The van der Waals surface area contributed by atoms with E-state index in [1.165, 1.54) is 11.3 Å². The second-order valence-corrected chi connectivity index (χ2v) is 6.12. The van der Waals surface area contributed by atoms with Crippen molar-refractivity contribution in [2.75, 3.05) is 5.32 Å². The van der Waals surface area contributed by atoms with E-state index in [9.17, 15) is 9.59 Å². The van der Waals surface area contributed by atoms with E-state index in [1.54, 1.807) is 39.1 Å². The Morgan fingerprint density at radius 1 is 1.42 bits per heavy atom. The molecule has 0 bridgehead atoms. The molecular formula is C13H14N2O3S. The molecule has 0 aliphatic carbocycles. The van der Waals surface area contributed by atoms with Crippen LogP contribution in [0.5, 0.6) is 0 Å². The fourth-order valence-corrected chi connectivity index (χ4v) is 2.38. The van der Waals surface area contributed by atoms with Gasteiger partial charge in [0.05, 0.1) is 4.88 Å². The number of ether oxygens (including phenoxy) is 1. The highest BCUT2D eigenvalue weighted by Crippen LogP contribution is 2.25. The van der Waals surface area contributed by atoms with Gasteiger partial charge in [0, 0.05) is 16.3 Å². The summed E-state index contributed by atoms with van der Waals surface area (Å²) in [4.78, 5) is 27.0. The Labute approximate surface area is 114 Å². The van der Waals surface area contributed by atoms with Gasteiger partial charge in [-0.15, -0.1) is 11.3 Å². The van der Waals surface area contributed by atoms with Gasteiger partial charge >= 0.3 is 6.09 Å². The smallest absolute Gasteiger partial charge is 0.413 e. The summed E-state index contributed by atoms with van der Waals surface area (Å²) < 4.78 is 6.03. The first kappa shape index (κ1) is 13.5. The second-order valence-electron chi connectivity index (χ2n) is 5.00. The van der Waals surface area contributed by atoms with Crippen LogP contribution in [0, 0.1) is 0 Å². The largest absolute Gasteiger partial charge is 0.444 e. The maximum atomic E-state index is 11.6. The highest BCUT2D eigenvalue weighted by atomic mass is 32.1. The molecule has 0 aromatic carbocycles. The van der Waals surface area contributed by atoms with Gasteiger partial charge < -0.3 is 4.74 Å². The molecule has 100 valence electrons. The summed E-state index contributed by atoms with van der Waals surface area (Å²) in [5.41, 5.74) is -0.554. The summed E-state index contributed by atoms with van der Waals surface area (Å²) in [6.07, 6.45) is 1.86. The zero-order valence-corrected chi connectivity index (χ0v) is 11.7. The van der Waals surface area contributed by atoms with Gasteiger partial charge in [-0.2, -0.15) is 0 Å². The number of fused-ring (bicyclic) bond motifs is 1. The lowest BCUT2D eigenvalue weighted by molar-refractivity contribution is 0.0635. The van der Waals surface area contributed by atoms with E-state index in [-0.39, 0.29) is 0 Å². The van der Waals surface area contributed by atoms with Gasteiger partial charge in [0.2, 0.25) is 0 Å². The Bertz CT molecular complexity index is 628. The van der Waals surface area contributed by atoms with Crippen molar-refractivity contribution in [3.63, 3.8) is 0 Å². The minimum absolute atomic E-state index is 0.404. The standard InChI is InChI=1S/C13H14N2O3S/c1-13(2,3)18-12(17)15-11-5-10-8(6-14-11)4-9(7-16)19-10/h4-7H,1-3H3,(H,14,15,17). The molecular weight excluding hydrogens is 264 g/mol. The number of nitrogens with zero attached hydrogens (tertiary/aromatic N) is 1. The van der Waals surface area contributed by atoms with E-state index in [0.717, 1.165) is 16.4 Å². The molecule has 0 saturated carbocycles. The molecule has 1 amide bonds. The van der Waals surface area contributed by atoms with E-state index in [1.807, 2.05) is 0 Å². The average molecular weight is 278 g/mol. The molecule has 0 radical (unpaired) electrons. The molecule has 0 saturated heterocycles. The van der Waals surface area contributed by atoms with E-state index < -0.39 is 11.7 Å². The predicted octanol–water partition coefficient (Wildman–Crippen LogP) is 3.46. The molecule has 0 aliphatic heterocycles. The number of aromatic nitrogens is 1. The molecule has 2 rings (SSSR count). The summed E-state index contributed by atoms with van der Waals surface area (Å²) in [6.45, 7) is 5.37. The lowest BCUT2D eigenvalue weighted by Gasteiger charge is -2.19. The van der Waals surface area contributed by atoms with Crippen molar-refractivity contribution in [1.29, 1.82) is 0 Å². The van der Waals surface area contributed by atoms with E-state index in [2.05, 4.69) is 10.3 Å². The zero-order chi connectivity index (χ0) is 14.0. The van der Waals surface area contributed by atoms with E-state index in [4.69, 9.17) is 4.74 Å². The van der Waals surface area contributed by atoms with Gasteiger partial charge in [0.25, 0.3) is 0 Å². The Morgan fingerprint density at radius 3 is 2.79 bits per heavy atom. The molecule has 0 unspecified atom stereocenters. The Balaban J connectivity index is 2.17. The number of rotatable bonds is 2. The van der Waals surface area contributed by atoms with Crippen LogP contribution in [0.1, 0.15) is 30.4 Å². The van der Waals surface area contributed by atoms with Crippen LogP contribution in [0.15, 0.2) is 18.3 Å². The normalized spacial score (nSPS) is 11.3. The van der Waals surface area contributed by atoms with Crippen LogP contribution in [0.25, 0.3) is 10.1 Å². The molecule has 0 atom stereocenters. The Morgan fingerprint density at radius 2 is 2.16 bits per heavy atom. The average Bonchev–Trinajstić information content (AvgIpc) is 2.68. The quantitative estimate of drug-likeness (QED) is 0.854. The Kier molecular flexibility index (Phi) is 3.53. The highest BCUT2D eigenvalue weighted by Gasteiger charge is 2.16. The number of hydrogen-bond donors (Lipinski definition) is 1. The molecule has 19 heavy (non-hydrogen) atoms. The van der Waals surface area contributed by atoms with Gasteiger partial charge in [-0.3, -0.25) is 10.1 Å². The molecule has 1 N–H and O–H groups in total. The lowest BCUT2D eigenvalue weighted by atomic mass is 10.2. The van der Waals surface area contributed by atoms with Gasteiger partial charge in [-0.25, -0.2) is 9.78 Å². The summed E-state index contributed by atoms with van der Waals surface area (Å²) in [7, 11) is 0. The number of anilines is 1. The van der Waals surface area contributed by atoms with Crippen LogP contribution >= 0.6 is 11.3 Å². The topological polar surface area (TPSA) is 68.3 Å². The van der Waals surface area contributed by atoms with Crippen LogP contribution in [-0.2, 0) is 4.74 Å². The molecule has 2 aromatic rings. The number of carbonyl (C=O) groups is 2. The summed E-state index contributed by atoms with van der Waals surface area (Å²) in [5.74, 6) is 0.404. The van der Waals surface area contributed by atoms with Crippen molar-refractivity contribution in [3.8, 4) is 0 Å². The summed E-state index contributed by atoms with van der Waals surface area (Å²) >= 11 is 1.35. The lowest BCUT2D eigenvalue weighted by Crippen LogP contribution is -2.27. The third-order valence-electron chi connectivity index (χ3n) is 2.17. The maximum absolute atomic E-state index is 11.6. The van der Waals surface area contributed by atoms with Crippen molar-refractivity contribution in [2.45, 2.75) is 26.4 Å². The van der Waals surface area contributed by atoms with Gasteiger partial charge in [0.15, 0.2) is 6.29 Å². The SMILES string of the molecule is CC(C)(C)OC(=O)Nc1cc2sc(C=O)cc2cn1. The fourth-order valence-electron chi connectivity index (χ4n) is 1.49. The predicted molar refractivity (Wildman–Crippen MR) is 74.9 cm³/mol. The first-order valence-electron chi connectivity index (χ1n) is 5.72. The van der Waals surface area contributed by atoms with Crippen molar-refractivity contribution >= 4 is 39.6 Å². The van der Waals surface area contributed by atoms with E-state index >= 15 is 0 Å². The molecule has 5 nitrogen and oxygen atoms in total. The molecule has 0 aliphatic rings. The number of amides is 1. The molecule has 2 aromatic heterocycles. The van der Waals surface area contributed by atoms with Gasteiger partial charge in [-0.05, 0) is 32.9 Å². The van der Waals surface area contributed by atoms with Crippen molar-refractivity contribution in [2.24, 2.45) is 0 Å². The molecule has 0 spiro atoms. The third-order valence-corrected chi connectivity index (χ3v) is 3.19. The van der Waals surface area contributed by atoms with Crippen LogP contribution in [0.2, 0.25) is 0 Å². The highest BCUT2D eigenvalue weighted by molar-refractivity contribution is 7.20.